The molecule has 0 fully saturated rings. The number of halogens is 1. The molecule has 3 aromatic rings. The van der Waals surface area contributed by atoms with Crippen molar-refractivity contribution in [1.82, 2.24) is 4.90 Å². The van der Waals surface area contributed by atoms with Crippen LogP contribution in [0.5, 0.6) is 5.75 Å². The number of nitrogens with zero attached hydrogens (tertiary/aromatic N) is 1. The Hall–Kier alpha value is -2.33. The smallest absolute Gasteiger partial charge is 0.119 e. The van der Waals surface area contributed by atoms with Gasteiger partial charge in [-0.2, -0.15) is 0 Å². The molecule has 0 saturated carbocycles. The molecule has 3 nitrogen and oxygen atoms in total. The molecule has 1 N–H and O–H groups in total. The average molecular weight is 452 g/mol. The summed E-state index contributed by atoms with van der Waals surface area (Å²) >= 11 is 6.06. The Morgan fingerprint density at radius 2 is 1.34 bits per heavy atom. The highest BCUT2D eigenvalue weighted by atomic mass is 35.5. The standard InChI is InChI=1S/C28H34ClNO2/c1-4-30(5-2)18-19-32-27-16-12-25(13-17-27)28(31,20-23-8-6-22(3)7-9-23)21-24-10-14-26(29)15-11-24/h6-17,31H,4-5,18-21H2,1-3H3. The van der Waals surface area contributed by atoms with E-state index in [2.05, 4.69) is 49.9 Å². The van der Waals surface area contributed by atoms with Gasteiger partial charge in [0.2, 0.25) is 0 Å². The fraction of sp³-hybridized carbons (Fsp3) is 0.357. The zero-order valence-electron chi connectivity index (χ0n) is 19.4. The Morgan fingerprint density at radius 3 is 1.88 bits per heavy atom. The zero-order valence-corrected chi connectivity index (χ0v) is 20.1. The molecule has 170 valence electrons. The van der Waals surface area contributed by atoms with E-state index in [-0.39, 0.29) is 0 Å². The number of hydrogen-bond donors (Lipinski definition) is 1. The van der Waals surface area contributed by atoms with Crippen molar-refractivity contribution >= 4 is 11.6 Å². The maximum Gasteiger partial charge on any atom is 0.119 e. The number of ether oxygens (including phenoxy) is 1. The third kappa shape index (κ3) is 6.83. The van der Waals surface area contributed by atoms with E-state index in [9.17, 15) is 5.11 Å². The van der Waals surface area contributed by atoms with Crippen molar-refractivity contribution in [1.29, 1.82) is 0 Å². The molecule has 0 aliphatic carbocycles. The Kier molecular flexibility index (Phi) is 8.75. The van der Waals surface area contributed by atoms with Crippen molar-refractivity contribution in [2.75, 3.05) is 26.2 Å². The second-order valence-electron chi connectivity index (χ2n) is 8.40. The van der Waals surface area contributed by atoms with Crippen LogP contribution >= 0.6 is 11.6 Å². The van der Waals surface area contributed by atoms with Gasteiger partial charge in [0, 0.05) is 24.4 Å². The predicted octanol–water partition coefficient (Wildman–Crippen LogP) is 6.04. The predicted molar refractivity (Wildman–Crippen MR) is 134 cm³/mol. The molecule has 0 saturated heterocycles. The number of rotatable bonds is 11. The molecule has 0 aromatic heterocycles. The minimum Gasteiger partial charge on any atom is -0.492 e. The first-order chi connectivity index (χ1) is 15.4. The van der Waals surface area contributed by atoms with Crippen LogP contribution in [0.1, 0.15) is 36.1 Å². The van der Waals surface area contributed by atoms with E-state index in [1.165, 1.54) is 5.56 Å². The summed E-state index contributed by atoms with van der Waals surface area (Å²) in [5, 5.41) is 12.5. The highest BCUT2D eigenvalue weighted by Gasteiger charge is 2.30. The molecule has 1 atom stereocenters. The maximum atomic E-state index is 11.9. The molecule has 0 radical (unpaired) electrons. The first-order valence-electron chi connectivity index (χ1n) is 11.4. The maximum absolute atomic E-state index is 11.9. The summed E-state index contributed by atoms with van der Waals surface area (Å²) in [4.78, 5) is 2.33. The largest absolute Gasteiger partial charge is 0.492 e. The fourth-order valence-electron chi connectivity index (χ4n) is 3.94. The summed E-state index contributed by atoms with van der Waals surface area (Å²) in [5.41, 5.74) is 3.20. The zero-order chi connectivity index (χ0) is 23.0. The Labute approximate surface area is 197 Å². The average Bonchev–Trinajstić information content (AvgIpc) is 2.80. The number of likely N-dealkylation sites (N-methyl/N-ethyl adjacent to an activating group) is 1. The normalized spacial score (nSPS) is 13.2. The summed E-state index contributed by atoms with van der Waals surface area (Å²) in [5.74, 6) is 0.824. The highest BCUT2D eigenvalue weighted by molar-refractivity contribution is 6.30. The van der Waals surface area contributed by atoms with Crippen LogP contribution < -0.4 is 4.74 Å². The van der Waals surface area contributed by atoms with Gasteiger partial charge in [-0.05, 0) is 61.0 Å². The van der Waals surface area contributed by atoms with Crippen molar-refractivity contribution < 1.29 is 9.84 Å². The molecule has 3 aromatic carbocycles. The van der Waals surface area contributed by atoms with Crippen LogP contribution in [0.15, 0.2) is 72.8 Å². The summed E-state index contributed by atoms with van der Waals surface area (Å²) in [6, 6.07) is 23.9. The number of aryl methyl sites for hydroxylation is 1. The topological polar surface area (TPSA) is 32.7 Å². The molecule has 3 rings (SSSR count). The van der Waals surface area contributed by atoms with E-state index in [1.54, 1.807) is 0 Å². The molecule has 0 amide bonds. The Morgan fingerprint density at radius 1 is 0.812 bits per heavy atom. The van der Waals surface area contributed by atoms with Gasteiger partial charge in [-0.1, -0.05) is 79.5 Å². The van der Waals surface area contributed by atoms with Crippen LogP contribution in [0, 0.1) is 6.92 Å². The van der Waals surface area contributed by atoms with E-state index < -0.39 is 5.60 Å². The third-order valence-corrected chi connectivity index (χ3v) is 6.24. The number of benzene rings is 3. The fourth-order valence-corrected chi connectivity index (χ4v) is 4.07. The minimum atomic E-state index is -1.04. The number of hydrogen-bond acceptors (Lipinski definition) is 3. The lowest BCUT2D eigenvalue weighted by atomic mass is 9.82. The van der Waals surface area contributed by atoms with Crippen molar-refractivity contribution in [3.63, 3.8) is 0 Å². The van der Waals surface area contributed by atoms with Gasteiger partial charge in [-0.3, -0.25) is 0 Å². The Bertz CT molecular complexity index is 901. The second kappa shape index (κ2) is 11.5. The quantitative estimate of drug-likeness (QED) is 0.385. The van der Waals surface area contributed by atoms with Crippen LogP contribution in [0.3, 0.4) is 0 Å². The molecule has 0 spiro atoms. The van der Waals surface area contributed by atoms with E-state index in [4.69, 9.17) is 16.3 Å². The van der Waals surface area contributed by atoms with E-state index in [0.29, 0.717) is 24.5 Å². The van der Waals surface area contributed by atoms with E-state index in [0.717, 1.165) is 42.1 Å². The van der Waals surface area contributed by atoms with E-state index in [1.807, 2.05) is 48.5 Å². The van der Waals surface area contributed by atoms with Crippen LogP contribution in [-0.4, -0.2) is 36.2 Å². The minimum absolute atomic E-state index is 0.500. The van der Waals surface area contributed by atoms with Gasteiger partial charge in [0.15, 0.2) is 0 Å². The van der Waals surface area contributed by atoms with Crippen LogP contribution in [0.25, 0.3) is 0 Å². The highest BCUT2D eigenvalue weighted by Crippen LogP contribution is 2.32. The third-order valence-electron chi connectivity index (χ3n) is 5.99. The van der Waals surface area contributed by atoms with Gasteiger partial charge < -0.3 is 14.7 Å². The lowest BCUT2D eigenvalue weighted by Crippen LogP contribution is -2.31. The van der Waals surface area contributed by atoms with Crippen LogP contribution in [-0.2, 0) is 18.4 Å². The first-order valence-corrected chi connectivity index (χ1v) is 11.8. The summed E-state index contributed by atoms with van der Waals surface area (Å²) < 4.78 is 5.93. The molecule has 0 bridgehead atoms. The SMILES string of the molecule is CCN(CC)CCOc1ccc(C(O)(Cc2ccc(C)cc2)Cc2ccc(Cl)cc2)cc1. The lowest BCUT2D eigenvalue weighted by Gasteiger charge is -2.30. The molecule has 0 aliphatic rings. The first kappa shape index (κ1) is 24.3. The molecule has 0 aliphatic heterocycles. The van der Waals surface area contributed by atoms with Crippen molar-refractivity contribution in [3.8, 4) is 5.75 Å². The molecular formula is C28H34ClNO2. The summed E-state index contributed by atoms with van der Waals surface area (Å²) in [6.07, 6.45) is 1.03. The number of aliphatic hydroxyl groups is 1. The van der Waals surface area contributed by atoms with Gasteiger partial charge >= 0.3 is 0 Å². The molecular weight excluding hydrogens is 418 g/mol. The van der Waals surface area contributed by atoms with Crippen LogP contribution in [0.4, 0.5) is 0 Å². The van der Waals surface area contributed by atoms with Gasteiger partial charge in [-0.25, -0.2) is 0 Å². The van der Waals surface area contributed by atoms with Gasteiger partial charge in [0.05, 0.1) is 5.60 Å². The second-order valence-corrected chi connectivity index (χ2v) is 8.83. The van der Waals surface area contributed by atoms with Gasteiger partial charge in [-0.15, -0.1) is 0 Å². The molecule has 32 heavy (non-hydrogen) atoms. The molecule has 4 heteroatoms. The summed E-state index contributed by atoms with van der Waals surface area (Å²) in [7, 11) is 0. The van der Waals surface area contributed by atoms with E-state index >= 15 is 0 Å². The monoisotopic (exact) mass is 451 g/mol. The van der Waals surface area contributed by atoms with Gasteiger partial charge in [0.1, 0.15) is 12.4 Å². The van der Waals surface area contributed by atoms with Crippen LogP contribution in [0.2, 0.25) is 5.02 Å². The summed E-state index contributed by atoms with van der Waals surface area (Å²) in [6.45, 7) is 10.00. The molecule has 1 unspecified atom stereocenters. The van der Waals surface area contributed by atoms with Crippen molar-refractivity contribution in [2.24, 2.45) is 0 Å². The van der Waals surface area contributed by atoms with Crippen molar-refractivity contribution in [2.45, 2.75) is 39.2 Å². The van der Waals surface area contributed by atoms with Crippen molar-refractivity contribution in [3.05, 3.63) is 100 Å². The Balaban J connectivity index is 1.78. The molecule has 0 heterocycles. The van der Waals surface area contributed by atoms with Gasteiger partial charge in [0.25, 0.3) is 0 Å². The lowest BCUT2D eigenvalue weighted by molar-refractivity contribution is 0.0370.